The lowest BCUT2D eigenvalue weighted by Crippen LogP contribution is -2.21. The van der Waals surface area contributed by atoms with E-state index in [1.807, 2.05) is 5.94 Å². The molecule has 1 rings (SSSR count). The second-order valence-corrected chi connectivity index (χ2v) is 3.86. The van der Waals surface area contributed by atoms with E-state index in [1.54, 1.807) is 6.92 Å². The Morgan fingerprint density at radius 2 is 2.31 bits per heavy atom. The van der Waals surface area contributed by atoms with Gasteiger partial charge in [-0.1, -0.05) is 15.9 Å². The lowest BCUT2D eigenvalue weighted by molar-refractivity contribution is -0.141. The monoisotopic (exact) mass is 246 g/mol. The topological polar surface area (TPSA) is 43.4 Å². The molecule has 0 aliphatic heterocycles. The molecular weight excluding hydrogens is 236 g/mol. The molecule has 0 spiro atoms. The molecule has 0 N–H and O–H groups in total. The third-order valence-electron chi connectivity index (χ3n) is 1.90. The number of alkyl halides is 1. The van der Waals surface area contributed by atoms with Gasteiger partial charge in [-0.25, -0.2) is 4.79 Å². The van der Waals surface area contributed by atoms with Crippen LogP contribution < -0.4 is 0 Å². The minimum absolute atomic E-state index is 0.242. The summed E-state index contributed by atoms with van der Waals surface area (Å²) >= 11 is 3.14. The maximum atomic E-state index is 11.2. The Bertz CT molecular complexity index is 252. The zero-order valence-corrected chi connectivity index (χ0v) is 8.96. The number of carbonyl (C=O) groups is 1. The average Bonchev–Trinajstić information content (AvgIpc) is 2.90. The summed E-state index contributed by atoms with van der Waals surface area (Å²) < 4.78 is 4.78. The molecule has 0 bridgehead atoms. The first-order valence-corrected chi connectivity index (χ1v) is 5.17. The van der Waals surface area contributed by atoms with Gasteiger partial charge in [-0.05, 0) is 25.7 Å². The maximum Gasteiger partial charge on any atom is 0.324 e. The van der Waals surface area contributed by atoms with E-state index in [0.717, 1.165) is 12.8 Å². The van der Waals surface area contributed by atoms with Gasteiger partial charge in [0.2, 0.25) is 0 Å². The van der Waals surface area contributed by atoms with Gasteiger partial charge in [0.25, 0.3) is 0 Å². The second-order valence-electron chi connectivity index (χ2n) is 2.95. The zero-order valence-electron chi connectivity index (χ0n) is 7.38. The van der Waals surface area contributed by atoms with Crippen molar-refractivity contribution in [1.29, 1.82) is 0 Å². The molecule has 0 heterocycles. The van der Waals surface area contributed by atoms with Crippen LogP contribution in [0.25, 0.3) is 0 Å². The second kappa shape index (κ2) is 4.58. The molecule has 72 valence electrons. The van der Waals surface area contributed by atoms with Crippen molar-refractivity contribution in [2.45, 2.75) is 24.6 Å². The highest BCUT2D eigenvalue weighted by atomic mass is 79.9. The predicted molar refractivity (Wildman–Crippen MR) is 51.3 cm³/mol. The van der Waals surface area contributed by atoms with E-state index < -0.39 is 10.8 Å². The van der Waals surface area contributed by atoms with Gasteiger partial charge in [0.15, 0.2) is 0 Å². The van der Waals surface area contributed by atoms with Gasteiger partial charge in [0.05, 0.1) is 6.61 Å². The summed E-state index contributed by atoms with van der Waals surface area (Å²) in [5.74, 6) is 1.67. The van der Waals surface area contributed by atoms with Crippen LogP contribution in [0.5, 0.6) is 0 Å². The number of ether oxygens (including phenoxy) is 1. The van der Waals surface area contributed by atoms with Gasteiger partial charge in [-0.15, -0.1) is 0 Å². The Labute approximate surface area is 85.3 Å². The van der Waals surface area contributed by atoms with E-state index in [-0.39, 0.29) is 5.92 Å². The van der Waals surface area contributed by atoms with Crippen LogP contribution in [0.2, 0.25) is 0 Å². The van der Waals surface area contributed by atoms with Gasteiger partial charge in [0, 0.05) is 5.57 Å². The fourth-order valence-corrected chi connectivity index (χ4v) is 1.68. The molecule has 1 atom stereocenters. The Morgan fingerprint density at radius 3 is 2.69 bits per heavy atom. The summed E-state index contributed by atoms with van der Waals surface area (Å²) in [6.45, 7) is 2.07. The largest absolute Gasteiger partial charge is 0.465 e. The van der Waals surface area contributed by atoms with E-state index in [1.165, 1.54) is 0 Å². The lowest BCUT2D eigenvalue weighted by atomic mass is 10.1. The number of hydrogen-bond acceptors (Lipinski definition) is 3. The van der Waals surface area contributed by atoms with Crippen LogP contribution in [0.3, 0.4) is 0 Å². The normalized spacial score (nSPS) is 17.4. The first-order valence-electron chi connectivity index (χ1n) is 4.26. The number of hydrogen-bond donors (Lipinski definition) is 0. The first-order chi connectivity index (χ1) is 6.20. The van der Waals surface area contributed by atoms with Gasteiger partial charge < -0.3 is 4.74 Å². The summed E-state index contributed by atoms with van der Waals surface area (Å²) in [4.78, 5) is 21.1. The van der Waals surface area contributed by atoms with Crippen LogP contribution >= 0.6 is 15.9 Å². The third kappa shape index (κ3) is 2.68. The SMILES string of the molecule is CCOC(=O)C(Br)C(=C=O)C1CC1. The fraction of sp³-hybridized carbons (Fsp3) is 0.667. The minimum atomic E-state index is -0.600. The van der Waals surface area contributed by atoms with E-state index >= 15 is 0 Å². The van der Waals surface area contributed by atoms with Crippen molar-refractivity contribution < 1.29 is 14.3 Å². The highest BCUT2D eigenvalue weighted by molar-refractivity contribution is 9.10. The Balaban J connectivity index is 2.58. The summed E-state index contributed by atoms with van der Waals surface area (Å²) in [6, 6.07) is 0. The molecule has 0 aromatic heterocycles. The van der Waals surface area contributed by atoms with E-state index in [4.69, 9.17) is 4.74 Å². The van der Waals surface area contributed by atoms with Gasteiger partial charge >= 0.3 is 5.97 Å². The highest BCUT2D eigenvalue weighted by Gasteiger charge is 2.35. The molecule has 4 heteroatoms. The van der Waals surface area contributed by atoms with Gasteiger partial charge in [0.1, 0.15) is 10.8 Å². The predicted octanol–water partition coefficient (Wildman–Crippen LogP) is 1.48. The van der Waals surface area contributed by atoms with Crippen LogP contribution in [-0.2, 0) is 14.3 Å². The molecule has 0 amide bonds. The van der Waals surface area contributed by atoms with Crippen molar-refractivity contribution in [2.24, 2.45) is 5.92 Å². The summed E-state index contributed by atoms with van der Waals surface area (Å²) in [5.41, 5.74) is 0.499. The van der Waals surface area contributed by atoms with E-state index in [2.05, 4.69) is 15.9 Å². The number of halogens is 1. The van der Waals surface area contributed by atoms with Crippen molar-refractivity contribution in [3.63, 3.8) is 0 Å². The third-order valence-corrected chi connectivity index (χ3v) is 2.77. The highest BCUT2D eigenvalue weighted by Crippen LogP contribution is 2.38. The van der Waals surface area contributed by atoms with Crippen LogP contribution in [0.1, 0.15) is 19.8 Å². The quantitative estimate of drug-likeness (QED) is 0.429. The van der Waals surface area contributed by atoms with Crippen molar-refractivity contribution in [2.75, 3.05) is 6.61 Å². The van der Waals surface area contributed by atoms with Crippen LogP contribution in [0.15, 0.2) is 5.57 Å². The van der Waals surface area contributed by atoms with Crippen molar-refractivity contribution in [3.8, 4) is 0 Å². The first kappa shape index (κ1) is 10.5. The van der Waals surface area contributed by atoms with E-state index in [9.17, 15) is 9.59 Å². The van der Waals surface area contributed by atoms with Crippen molar-refractivity contribution in [1.82, 2.24) is 0 Å². The minimum Gasteiger partial charge on any atom is -0.465 e. The van der Waals surface area contributed by atoms with Crippen LogP contribution in [0, 0.1) is 5.92 Å². The molecular formula is C9H11BrO3. The smallest absolute Gasteiger partial charge is 0.324 e. The number of carbonyl (C=O) groups excluding carboxylic acids is 2. The number of rotatable bonds is 4. The van der Waals surface area contributed by atoms with Crippen molar-refractivity contribution in [3.05, 3.63) is 5.57 Å². The summed E-state index contributed by atoms with van der Waals surface area (Å²) in [5, 5.41) is 0. The Hall–Kier alpha value is -0.600. The zero-order chi connectivity index (χ0) is 9.84. The molecule has 1 unspecified atom stereocenters. The number of esters is 1. The van der Waals surface area contributed by atoms with Crippen molar-refractivity contribution >= 4 is 27.8 Å². The molecule has 0 aromatic rings. The average molecular weight is 247 g/mol. The Kier molecular flexibility index (Phi) is 3.70. The summed E-state index contributed by atoms with van der Waals surface area (Å²) in [7, 11) is 0. The fourth-order valence-electron chi connectivity index (χ4n) is 1.08. The molecule has 3 nitrogen and oxygen atoms in total. The molecule has 0 aromatic carbocycles. The molecule has 13 heavy (non-hydrogen) atoms. The molecule has 1 saturated carbocycles. The molecule has 0 radical (unpaired) electrons. The van der Waals surface area contributed by atoms with Crippen LogP contribution in [-0.4, -0.2) is 23.3 Å². The molecule has 1 aliphatic carbocycles. The molecule has 1 fully saturated rings. The lowest BCUT2D eigenvalue weighted by Gasteiger charge is -2.08. The standard InChI is InChI=1S/C9H11BrO3/c1-2-13-9(12)8(10)7(5-11)6-3-4-6/h6,8H,2-4H2,1H3. The van der Waals surface area contributed by atoms with E-state index in [0.29, 0.717) is 12.2 Å². The Morgan fingerprint density at radius 1 is 1.69 bits per heavy atom. The van der Waals surface area contributed by atoms with Gasteiger partial charge in [-0.3, -0.25) is 4.79 Å². The molecule has 0 saturated heterocycles. The van der Waals surface area contributed by atoms with Gasteiger partial charge in [-0.2, -0.15) is 0 Å². The van der Waals surface area contributed by atoms with Crippen LogP contribution in [0.4, 0.5) is 0 Å². The maximum absolute atomic E-state index is 11.2. The molecule has 1 aliphatic rings. The summed E-state index contributed by atoms with van der Waals surface area (Å²) in [6.07, 6.45) is 1.96.